The first-order chi connectivity index (χ1) is 9.10. The van der Waals surface area contributed by atoms with Gasteiger partial charge in [-0.05, 0) is 31.1 Å². The number of carboxylic acids is 1. The monoisotopic (exact) mass is 268 g/mol. The molecule has 2 aliphatic rings. The predicted molar refractivity (Wildman–Crippen MR) is 71.4 cm³/mol. The van der Waals surface area contributed by atoms with Crippen LogP contribution in [0.15, 0.2) is 0 Å². The Bertz CT molecular complexity index is 359. The van der Waals surface area contributed by atoms with Gasteiger partial charge in [0.2, 0.25) is 5.91 Å². The van der Waals surface area contributed by atoms with E-state index in [-0.39, 0.29) is 17.7 Å². The van der Waals surface area contributed by atoms with Crippen LogP contribution in [0.25, 0.3) is 0 Å². The van der Waals surface area contributed by atoms with Crippen LogP contribution in [0.5, 0.6) is 0 Å². The number of rotatable bonds is 5. The largest absolute Gasteiger partial charge is 0.480 e. The van der Waals surface area contributed by atoms with E-state index in [2.05, 4.69) is 0 Å². The predicted octanol–water partition coefficient (Wildman–Crippen LogP) is 1.07. The fraction of sp³-hybridized carbons (Fsp3) is 0.857. The molecule has 1 heterocycles. The summed E-state index contributed by atoms with van der Waals surface area (Å²) in [4.78, 5) is 25.6. The van der Waals surface area contributed by atoms with E-state index in [1.54, 1.807) is 4.90 Å². The maximum atomic E-state index is 12.5. The number of fused-ring (bicyclic) bond motifs is 1. The van der Waals surface area contributed by atoms with Crippen molar-refractivity contribution < 1.29 is 14.7 Å². The molecule has 5 heteroatoms. The average molecular weight is 268 g/mol. The van der Waals surface area contributed by atoms with Gasteiger partial charge < -0.3 is 15.7 Å². The molecule has 2 rings (SSSR count). The normalized spacial score (nSPS) is 31.3. The molecule has 4 unspecified atom stereocenters. The molecule has 19 heavy (non-hydrogen) atoms. The lowest BCUT2D eigenvalue weighted by atomic mass is 9.94. The Kier molecular flexibility index (Phi) is 4.45. The number of carboxylic acid groups (broad SMARTS) is 1. The van der Waals surface area contributed by atoms with E-state index in [0.717, 1.165) is 32.1 Å². The van der Waals surface area contributed by atoms with Crippen LogP contribution in [-0.2, 0) is 9.59 Å². The number of hydrogen-bond acceptors (Lipinski definition) is 3. The molecule has 0 aromatic carbocycles. The summed E-state index contributed by atoms with van der Waals surface area (Å²) in [6.45, 7) is 2.94. The first-order valence-electron chi connectivity index (χ1n) is 7.33. The Hall–Kier alpha value is -1.10. The van der Waals surface area contributed by atoms with Gasteiger partial charge in [-0.3, -0.25) is 4.79 Å². The molecule has 1 saturated heterocycles. The Morgan fingerprint density at radius 3 is 2.74 bits per heavy atom. The van der Waals surface area contributed by atoms with Gasteiger partial charge in [0.15, 0.2) is 0 Å². The molecular weight excluding hydrogens is 244 g/mol. The van der Waals surface area contributed by atoms with Gasteiger partial charge in [0.1, 0.15) is 6.04 Å². The first-order valence-corrected chi connectivity index (χ1v) is 7.33. The summed E-state index contributed by atoms with van der Waals surface area (Å²) in [5, 5.41) is 9.44. The minimum atomic E-state index is -0.852. The van der Waals surface area contributed by atoms with E-state index in [1.165, 1.54) is 0 Å². The lowest BCUT2D eigenvalue weighted by Crippen LogP contribution is -2.47. The molecule has 1 aliphatic carbocycles. The highest BCUT2D eigenvalue weighted by Crippen LogP contribution is 2.42. The molecule has 5 nitrogen and oxygen atoms in total. The zero-order valence-corrected chi connectivity index (χ0v) is 11.5. The summed E-state index contributed by atoms with van der Waals surface area (Å²) >= 11 is 0. The topological polar surface area (TPSA) is 83.6 Å². The SMILES string of the molecule is CCCC(CN)C(=O)N1CC2CCCC2C1C(=O)O. The third kappa shape index (κ3) is 2.61. The Morgan fingerprint density at radius 2 is 2.16 bits per heavy atom. The van der Waals surface area contributed by atoms with E-state index < -0.39 is 12.0 Å². The van der Waals surface area contributed by atoms with Crippen LogP contribution in [0.2, 0.25) is 0 Å². The van der Waals surface area contributed by atoms with Gasteiger partial charge in [0.25, 0.3) is 0 Å². The van der Waals surface area contributed by atoms with Crippen molar-refractivity contribution in [1.29, 1.82) is 0 Å². The lowest BCUT2D eigenvalue weighted by Gasteiger charge is -2.28. The zero-order chi connectivity index (χ0) is 14.0. The van der Waals surface area contributed by atoms with Crippen LogP contribution in [0, 0.1) is 17.8 Å². The van der Waals surface area contributed by atoms with Crippen molar-refractivity contribution in [2.24, 2.45) is 23.5 Å². The molecule has 1 amide bonds. The summed E-state index contributed by atoms with van der Waals surface area (Å²) in [6, 6.07) is -0.620. The van der Waals surface area contributed by atoms with Gasteiger partial charge in [-0.1, -0.05) is 19.8 Å². The van der Waals surface area contributed by atoms with Gasteiger partial charge in [-0.15, -0.1) is 0 Å². The maximum absolute atomic E-state index is 12.5. The lowest BCUT2D eigenvalue weighted by molar-refractivity contribution is -0.151. The minimum Gasteiger partial charge on any atom is -0.480 e. The summed E-state index contributed by atoms with van der Waals surface area (Å²) in [6.07, 6.45) is 4.72. The number of nitrogens with two attached hydrogens (primary N) is 1. The molecule has 0 spiro atoms. The fourth-order valence-electron chi connectivity index (χ4n) is 3.77. The number of aliphatic carboxylic acids is 1. The van der Waals surface area contributed by atoms with Crippen molar-refractivity contribution in [2.75, 3.05) is 13.1 Å². The van der Waals surface area contributed by atoms with Crippen LogP contribution in [0.1, 0.15) is 39.0 Å². The molecule has 0 radical (unpaired) electrons. The second-order valence-electron chi connectivity index (χ2n) is 5.85. The van der Waals surface area contributed by atoms with Crippen LogP contribution in [0.4, 0.5) is 0 Å². The molecule has 4 atom stereocenters. The Labute approximate surface area is 114 Å². The Morgan fingerprint density at radius 1 is 1.42 bits per heavy atom. The highest BCUT2D eigenvalue weighted by Gasteiger charge is 2.50. The first kappa shape index (κ1) is 14.3. The van der Waals surface area contributed by atoms with Crippen LogP contribution in [0.3, 0.4) is 0 Å². The number of likely N-dealkylation sites (tertiary alicyclic amines) is 1. The fourth-order valence-corrected chi connectivity index (χ4v) is 3.77. The number of amides is 1. The smallest absolute Gasteiger partial charge is 0.326 e. The van der Waals surface area contributed by atoms with Crippen molar-refractivity contribution >= 4 is 11.9 Å². The van der Waals surface area contributed by atoms with Gasteiger partial charge >= 0.3 is 5.97 Å². The van der Waals surface area contributed by atoms with E-state index in [1.807, 2.05) is 6.92 Å². The van der Waals surface area contributed by atoms with Crippen molar-refractivity contribution in [1.82, 2.24) is 4.90 Å². The summed E-state index contributed by atoms with van der Waals surface area (Å²) in [7, 11) is 0. The molecule has 0 bridgehead atoms. The second kappa shape index (κ2) is 5.90. The molecule has 1 aliphatic heterocycles. The number of carbonyl (C=O) groups is 2. The molecule has 0 aromatic rings. The number of carbonyl (C=O) groups excluding carboxylic acids is 1. The highest BCUT2D eigenvalue weighted by molar-refractivity contribution is 5.86. The van der Waals surface area contributed by atoms with Crippen molar-refractivity contribution in [3.8, 4) is 0 Å². The average Bonchev–Trinajstić information content (AvgIpc) is 2.94. The summed E-state index contributed by atoms with van der Waals surface area (Å²) < 4.78 is 0. The third-order valence-corrected chi connectivity index (χ3v) is 4.70. The molecule has 2 fully saturated rings. The van der Waals surface area contributed by atoms with Crippen molar-refractivity contribution in [3.63, 3.8) is 0 Å². The van der Waals surface area contributed by atoms with Gasteiger partial charge in [0, 0.05) is 13.1 Å². The highest BCUT2D eigenvalue weighted by atomic mass is 16.4. The molecule has 3 N–H and O–H groups in total. The molecular formula is C14H24N2O3. The van der Waals surface area contributed by atoms with Crippen LogP contribution in [-0.4, -0.2) is 41.0 Å². The third-order valence-electron chi connectivity index (χ3n) is 4.70. The minimum absolute atomic E-state index is 0.0499. The van der Waals surface area contributed by atoms with E-state index in [4.69, 9.17) is 5.73 Å². The molecule has 108 valence electrons. The van der Waals surface area contributed by atoms with E-state index >= 15 is 0 Å². The molecule has 0 aromatic heterocycles. The van der Waals surface area contributed by atoms with Gasteiger partial charge in [-0.25, -0.2) is 4.79 Å². The van der Waals surface area contributed by atoms with E-state index in [9.17, 15) is 14.7 Å². The van der Waals surface area contributed by atoms with Gasteiger partial charge in [0.05, 0.1) is 5.92 Å². The second-order valence-corrected chi connectivity index (χ2v) is 5.85. The van der Waals surface area contributed by atoms with Gasteiger partial charge in [-0.2, -0.15) is 0 Å². The maximum Gasteiger partial charge on any atom is 0.326 e. The van der Waals surface area contributed by atoms with Crippen molar-refractivity contribution in [3.05, 3.63) is 0 Å². The summed E-state index contributed by atoms with van der Waals surface area (Å²) in [5.74, 6) is -0.585. The van der Waals surface area contributed by atoms with Crippen molar-refractivity contribution in [2.45, 2.75) is 45.1 Å². The number of hydrogen-bond donors (Lipinski definition) is 2. The summed E-state index contributed by atoms with van der Waals surface area (Å²) in [5.41, 5.74) is 5.67. The molecule has 1 saturated carbocycles. The van der Waals surface area contributed by atoms with Crippen LogP contribution >= 0.6 is 0 Å². The van der Waals surface area contributed by atoms with E-state index in [0.29, 0.717) is 19.0 Å². The standard InChI is InChI=1S/C14H24N2O3/c1-2-4-9(7-15)13(17)16-8-10-5-3-6-11(10)12(16)14(18)19/h9-12H,2-8,15H2,1H3,(H,18,19). The number of nitrogens with zero attached hydrogens (tertiary/aromatic N) is 1. The van der Waals surface area contributed by atoms with Crippen LogP contribution < -0.4 is 5.73 Å². The quantitative estimate of drug-likeness (QED) is 0.781. The zero-order valence-electron chi connectivity index (χ0n) is 11.5. The Balaban J connectivity index is 2.14.